The molecule has 0 atom stereocenters. The fourth-order valence-corrected chi connectivity index (χ4v) is 4.85. The lowest BCUT2D eigenvalue weighted by Gasteiger charge is -2.24. The van der Waals surface area contributed by atoms with Gasteiger partial charge in [-0.2, -0.15) is 0 Å². The van der Waals surface area contributed by atoms with Crippen LogP contribution in [0.4, 0.5) is 11.4 Å². The molecule has 0 aromatic heterocycles. The minimum Gasteiger partial charge on any atom is -0.478 e. The molecule has 3 aromatic carbocycles. The molecular weight excluding hydrogens is 475 g/mol. The quantitative estimate of drug-likeness (QED) is 0.491. The number of aromatic carboxylic acids is 1. The Bertz CT molecular complexity index is 1260. The lowest BCUT2D eigenvalue weighted by molar-refractivity contribution is -0.114. The maximum Gasteiger partial charge on any atom is 0.337 e. The smallest absolute Gasteiger partial charge is 0.337 e. The van der Waals surface area contributed by atoms with E-state index in [1.807, 2.05) is 6.92 Å². The number of aryl methyl sites for hydroxylation is 1. The first-order valence-electron chi connectivity index (χ1n) is 9.25. The van der Waals surface area contributed by atoms with E-state index in [1.165, 1.54) is 48.5 Å². The second-order valence-electron chi connectivity index (χ2n) is 6.85. The number of anilines is 2. The number of amides is 1. The molecule has 2 N–H and O–H groups in total. The molecule has 0 spiro atoms. The number of para-hydroxylation sites is 1. The molecule has 32 heavy (non-hydrogen) atoms. The van der Waals surface area contributed by atoms with Crippen LogP contribution < -0.4 is 9.62 Å². The van der Waals surface area contributed by atoms with E-state index < -0.39 is 28.4 Å². The molecule has 0 aliphatic heterocycles. The van der Waals surface area contributed by atoms with Crippen molar-refractivity contribution in [2.45, 2.75) is 11.8 Å². The van der Waals surface area contributed by atoms with Gasteiger partial charge in [-0.25, -0.2) is 13.2 Å². The average molecular weight is 493 g/mol. The van der Waals surface area contributed by atoms with E-state index in [0.717, 1.165) is 9.87 Å². The molecule has 0 saturated carbocycles. The van der Waals surface area contributed by atoms with Crippen molar-refractivity contribution in [3.05, 3.63) is 87.9 Å². The Labute approximate surface area is 195 Å². The van der Waals surface area contributed by atoms with Crippen LogP contribution in [-0.4, -0.2) is 31.9 Å². The summed E-state index contributed by atoms with van der Waals surface area (Å²) in [6.07, 6.45) is 0. The number of sulfonamides is 1. The van der Waals surface area contributed by atoms with Crippen LogP contribution in [0.2, 0.25) is 10.0 Å². The van der Waals surface area contributed by atoms with Gasteiger partial charge in [-0.05, 0) is 49.4 Å². The first-order valence-corrected chi connectivity index (χ1v) is 11.4. The van der Waals surface area contributed by atoms with Crippen molar-refractivity contribution in [1.82, 2.24) is 0 Å². The zero-order chi connectivity index (χ0) is 23.5. The zero-order valence-electron chi connectivity index (χ0n) is 16.7. The van der Waals surface area contributed by atoms with Crippen LogP contribution in [0.1, 0.15) is 15.9 Å². The maximum absolute atomic E-state index is 13.4. The summed E-state index contributed by atoms with van der Waals surface area (Å²) in [6.45, 7) is 1.18. The van der Waals surface area contributed by atoms with Crippen LogP contribution in [0, 0.1) is 6.92 Å². The Morgan fingerprint density at radius 3 is 2.16 bits per heavy atom. The van der Waals surface area contributed by atoms with E-state index in [-0.39, 0.29) is 31.9 Å². The molecule has 7 nitrogen and oxygen atoms in total. The number of halogens is 2. The highest BCUT2D eigenvalue weighted by Crippen LogP contribution is 2.30. The number of nitrogens with zero attached hydrogens (tertiary/aromatic N) is 1. The van der Waals surface area contributed by atoms with Crippen LogP contribution in [0.15, 0.2) is 71.6 Å². The standard InChI is InChI=1S/C22H18Cl2N2O5S/c1-14-6-8-18(9-7-14)32(30,31)26(17-11-15(23)10-16(24)12-17)13-21(27)25-20-5-3-2-4-19(20)22(28)29/h2-12H,13H2,1H3,(H,25,27)(H,28,29). The van der Waals surface area contributed by atoms with Crippen molar-refractivity contribution < 1.29 is 23.1 Å². The van der Waals surface area contributed by atoms with Crippen LogP contribution in [0.5, 0.6) is 0 Å². The summed E-state index contributed by atoms with van der Waals surface area (Å²) in [7, 11) is -4.18. The molecule has 0 radical (unpaired) electrons. The van der Waals surface area contributed by atoms with Crippen LogP contribution >= 0.6 is 23.2 Å². The van der Waals surface area contributed by atoms with Crippen LogP contribution in [0.3, 0.4) is 0 Å². The SMILES string of the molecule is Cc1ccc(S(=O)(=O)N(CC(=O)Nc2ccccc2C(=O)O)c2cc(Cl)cc(Cl)c2)cc1. The average Bonchev–Trinajstić information content (AvgIpc) is 2.71. The largest absolute Gasteiger partial charge is 0.478 e. The molecule has 0 saturated heterocycles. The second kappa shape index (κ2) is 9.60. The Morgan fingerprint density at radius 1 is 0.969 bits per heavy atom. The molecule has 3 rings (SSSR count). The van der Waals surface area contributed by atoms with E-state index in [0.29, 0.717) is 0 Å². The van der Waals surface area contributed by atoms with Gasteiger partial charge in [0, 0.05) is 10.0 Å². The predicted molar refractivity (Wildman–Crippen MR) is 124 cm³/mol. The third-order valence-electron chi connectivity index (χ3n) is 4.46. The fourth-order valence-electron chi connectivity index (χ4n) is 2.93. The molecule has 166 valence electrons. The Hall–Kier alpha value is -3.07. The number of rotatable bonds is 7. The fraction of sp³-hybridized carbons (Fsp3) is 0.0909. The highest BCUT2D eigenvalue weighted by molar-refractivity contribution is 7.92. The minimum absolute atomic E-state index is 0.0297. The van der Waals surface area contributed by atoms with Gasteiger partial charge in [0.2, 0.25) is 5.91 Å². The van der Waals surface area contributed by atoms with Crippen molar-refractivity contribution >= 4 is 56.5 Å². The first-order chi connectivity index (χ1) is 15.1. The van der Waals surface area contributed by atoms with Gasteiger partial charge in [-0.15, -0.1) is 0 Å². The highest BCUT2D eigenvalue weighted by atomic mass is 35.5. The van der Waals surface area contributed by atoms with Gasteiger partial charge >= 0.3 is 5.97 Å². The zero-order valence-corrected chi connectivity index (χ0v) is 19.1. The number of carboxylic acids is 1. The third kappa shape index (κ3) is 5.40. The number of carboxylic acid groups (broad SMARTS) is 1. The molecule has 0 bridgehead atoms. The molecule has 0 aliphatic carbocycles. The summed E-state index contributed by atoms with van der Waals surface area (Å²) < 4.78 is 27.7. The van der Waals surface area contributed by atoms with Crippen molar-refractivity contribution in [1.29, 1.82) is 0 Å². The molecule has 0 aliphatic rings. The van der Waals surface area contributed by atoms with Crippen molar-refractivity contribution in [2.75, 3.05) is 16.2 Å². The monoisotopic (exact) mass is 492 g/mol. The molecule has 1 amide bonds. The number of benzene rings is 3. The molecule has 10 heteroatoms. The molecule has 0 unspecified atom stereocenters. The normalized spacial score (nSPS) is 11.1. The predicted octanol–water partition coefficient (Wildman–Crippen LogP) is 4.83. The van der Waals surface area contributed by atoms with Crippen molar-refractivity contribution in [3.8, 4) is 0 Å². The van der Waals surface area contributed by atoms with E-state index >= 15 is 0 Å². The van der Waals surface area contributed by atoms with Gasteiger partial charge in [0.1, 0.15) is 6.54 Å². The third-order valence-corrected chi connectivity index (χ3v) is 6.69. The van der Waals surface area contributed by atoms with E-state index in [4.69, 9.17) is 23.2 Å². The Balaban J connectivity index is 2.01. The summed E-state index contributed by atoms with van der Waals surface area (Å²) in [5, 5.41) is 12.2. The molecule has 3 aromatic rings. The van der Waals surface area contributed by atoms with Gasteiger partial charge < -0.3 is 10.4 Å². The molecular formula is C22H18Cl2N2O5S. The summed E-state index contributed by atoms with van der Waals surface area (Å²) in [6, 6.07) is 16.1. The van der Waals surface area contributed by atoms with Gasteiger partial charge in [0.05, 0.1) is 21.8 Å². The number of hydrogen-bond donors (Lipinski definition) is 2. The van der Waals surface area contributed by atoms with Crippen LogP contribution in [-0.2, 0) is 14.8 Å². The van der Waals surface area contributed by atoms with E-state index in [9.17, 15) is 23.1 Å². The Kier molecular flexibility index (Phi) is 7.08. The first kappa shape index (κ1) is 23.6. The number of nitrogens with one attached hydrogen (secondary N) is 1. The molecule has 0 heterocycles. The van der Waals surface area contributed by atoms with E-state index in [1.54, 1.807) is 18.2 Å². The summed E-state index contributed by atoms with van der Waals surface area (Å²) >= 11 is 12.1. The number of carbonyl (C=O) groups is 2. The number of hydrogen-bond acceptors (Lipinski definition) is 4. The Morgan fingerprint density at radius 2 is 1.56 bits per heavy atom. The van der Waals surface area contributed by atoms with Gasteiger partial charge in [0.25, 0.3) is 10.0 Å². The van der Waals surface area contributed by atoms with E-state index in [2.05, 4.69) is 5.32 Å². The van der Waals surface area contributed by atoms with Crippen molar-refractivity contribution in [2.24, 2.45) is 0 Å². The lowest BCUT2D eigenvalue weighted by Crippen LogP contribution is -2.38. The second-order valence-corrected chi connectivity index (χ2v) is 9.59. The van der Waals surface area contributed by atoms with Gasteiger partial charge in [-0.3, -0.25) is 9.10 Å². The van der Waals surface area contributed by atoms with Crippen LogP contribution in [0.25, 0.3) is 0 Å². The number of carbonyl (C=O) groups excluding carboxylic acids is 1. The summed E-state index contributed by atoms with van der Waals surface area (Å²) in [5.41, 5.74) is 0.871. The highest BCUT2D eigenvalue weighted by Gasteiger charge is 2.28. The summed E-state index contributed by atoms with van der Waals surface area (Å²) in [4.78, 5) is 24.2. The lowest BCUT2D eigenvalue weighted by atomic mass is 10.2. The van der Waals surface area contributed by atoms with Gasteiger partial charge in [0.15, 0.2) is 0 Å². The topological polar surface area (TPSA) is 104 Å². The van der Waals surface area contributed by atoms with Gasteiger partial charge in [-0.1, -0.05) is 53.0 Å². The summed E-state index contributed by atoms with van der Waals surface area (Å²) in [5.74, 6) is -1.97. The van der Waals surface area contributed by atoms with Crippen molar-refractivity contribution in [3.63, 3.8) is 0 Å². The maximum atomic E-state index is 13.4. The minimum atomic E-state index is -4.18. The molecule has 0 fully saturated rings.